The fourth-order valence-corrected chi connectivity index (χ4v) is 1.89. The zero-order chi connectivity index (χ0) is 13.4. The van der Waals surface area contributed by atoms with Crippen LogP contribution in [0.1, 0.15) is 55.4 Å². The Balaban J connectivity index is 2.27. The summed E-state index contributed by atoms with van der Waals surface area (Å²) in [5, 5.41) is 10.0. The summed E-state index contributed by atoms with van der Waals surface area (Å²) in [5.41, 5.74) is 3.42. The van der Waals surface area contributed by atoms with Crippen LogP contribution in [0.3, 0.4) is 0 Å². The number of benzene rings is 1. The summed E-state index contributed by atoms with van der Waals surface area (Å²) >= 11 is 0. The van der Waals surface area contributed by atoms with Gasteiger partial charge in [-0.3, -0.25) is 0 Å². The second kappa shape index (κ2) is 8.28. The molecule has 0 saturated heterocycles. The topological polar surface area (TPSA) is 29.5 Å². The van der Waals surface area contributed by atoms with Crippen molar-refractivity contribution in [1.29, 1.82) is 0 Å². The summed E-state index contributed by atoms with van der Waals surface area (Å²) in [5.74, 6) is 0. The minimum Gasteiger partial charge on any atom is -0.386 e. The van der Waals surface area contributed by atoms with Crippen LogP contribution < -0.4 is 0 Å². The van der Waals surface area contributed by atoms with Crippen LogP contribution in [0.25, 0.3) is 0 Å². The molecular formula is C16H26O2. The van der Waals surface area contributed by atoms with Crippen molar-refractivity contribution in [3.8, 4) is 0 Å². The predicted octanol–water partition coefficient (Wildman–Crippen LogP) is 3.93. The van der Waals surface area contributed by atoms with E-state index in [-0.39, 0.29) is 0 Å². The summed E-state index contributed by atoms with van der Waals surface area (Å²) in [6, 6.07) is 6.07. The van der Waals surface area contributed by atoms with Crippen molar-refractivity contribution >= 4 is 0 Å². The standard InChI is InChI=1S/C16H26O2/c1-4-5-6-7-10-18-12-16(17)15-9-8-13(2)14(3)11-15/h8-9,11,16-17H,4-7,10,12H2,1-3H3. The van der Waals surface area contributed by atoms with E-state index in [9.17, 15) is 5.11 Å². The van der Waals surface area contributed by atoms with Crippen LogP contribution >= 0.6 is 0 Å². The third-order valence-corrected chi connectivity index (χ3v) is 3.33. The van der Waals surface area contributed by atoms with Gasteiger partial charge in [-0.2, -0.15) is 0 Å². The van der Waals surface area contributed by atoms with Crippen LogP contribution in [-0.4, -0.2) is 18.3 Å². The monoisotopic (exact) mass is 250 g/mol. The first-order valence-electron chi connectivity index (χ1n) is 6.98. The molecule has 0 aliphatic carbocycles. The molecule has 0 saturated carbocycles. The lowest BCUT2D eigenvalue weighted by molar-refractivity contribution is 0.0344. The highest BCUT2D eigenvalue weighted by atomic mass is 16.5. The molecule has 2 nitrogen and oxygen atoms in total. The van der Waals surface area contributed by atoms with Crippen molar-refractivity contribution in [3.63, 3.8) is 0 Å². The van der Waals surface area contributed by atoms with E-state index in [1.54, 1.807) is 0 Å². The van der Waals surface area contributed by atoms with Crippen molar-refractivity contribution in [3.05, 3.63) is 34.9 Å². The van der Waals surface area contributed by atoms with Gasteiger partial charge in [-0.05, 0) is 37.0 Å². The Kier molecular flexibility index (Phi) is 6.99. The minimum atomic E-state index is -0.504. The Morgan fingerprint density at radius 1 is 1.11 bits per heavy atom. The largest absolute Gasteiger partial charge is 0.386 e. The summed E-state index contributed by atoms with van der Waals surface area (Å²) in [7, 11) is 0. The molecule has 2 heteroatoms. The van der Waals surface area contributed by atoms with E-state index in [2.05, 4.69) is 26.8 Å². The molecule has 1 rings (SSSR count). The number of aliphatic hydroxyl groups is 1. The average molecular weight is 250 g/mol. The van der Waals surface area contributed by atoms with Crippen molar-refractivity contribution < 1.29 is 9.84 Å². The maximum Gasteiger partial charge on any atom is 0.102 e. The van der Waals surface area contributed by atoms with Crippen LogP contribution in [0.2, 0.25) is 0 Å². The predicted molar refractivity (Wildman–Crippen MR) is 75.8 cm³/mol. The van der Waals surface area contributed by atoms with Gasteiger partial charge in [0, 0.05) is 6.61 Å². The van der Waals surface area contributed by atoms with E-state index >= 15 is 0 Å². The molecule has 0 spiro atoms. The molecule has 18 heavy (non-hydrogen) atoms. The molecule has 0 amide bonds. The summed E-state index contributed by atoms with van der Waals surface area (Å²) in [6.07, 6.45) is 4.31. The highest BCUT2D eigenvalue weighted by molar-refractivity contribution is 5.31. The Morgan fingerprint density at radius 3 is 2.56 bits per heavy atom. The molecule has 0 bridgehead atoms. The number of hydrogen-bond donors (Lipinski definition) is 1. The Labute approximate surface area is 111 Å². The number of aryl methyl sites for hydroxylation is 2. The van der Waals surface area contributed by atoms with Gasteiger partial charge in [-0.25, -0.2) is 0 Å². The molecular weight excluding hydrogens is 224 g/mol. The highest BCUT2D eigenvalue weighted by Crippen LogP contribution is 2.17. The van der Waals surface area contributed by atoms with Gasteiger partial charge in [0.25, 0.3) is 0 Å². The summed E-state index contributed by atoms with van der Waals surface area (Å²) in [6.45, 7) is 7.49. The zero-order valence-electron chi connectivity index (χ0n) is 11.9. The molecule has 0 aliphatic rings. The normalized spacial score (nSPS) is 12.7. The van der Waals surface area contributed by atoms with Gasteiger partial charge in [-0.15, -0.1) is 0 Å². The molecule has 1 atom stereocenters. The van der Waals surface area contributed by atoms with Gasteiger partial charge in [-0.1, -0.05) is 44.4 Å². The number of ether oxygens (including phenoxy) is 1. The Hall–Kier alpha value is -0.860. The third kappa shape index (κ3) is 5.19. The maximum atomic E-state index is 10.0. The molecule has 1 aromatic rings. The van der Waals surface area contributed by atoms with Crippen LogP contribution in [-0.2, 0) is 4.74 Å². The summed E-state index contributed by atoms with van der Waals surface area (Å²) in [4.78, 5) is 0. The number of rotatable bonds is 8. The van der Waals surface area contributed by atoms with Crippen LogP contribution in [0.15, 0.2) is 18.2 Å². The molecule has 0 fully saturated rings. The van der Waals surface area contributed by atoms with E-state index < -0.39 is 6.10 Å². The van der Waals surface area contributed by atoms with Crippen molar-refractivity contribution in [2.24, 2.45) is 0 Å². The van der Waals surface area contributed by atoms with E-state index in [0.29, 0.717) is 6.61 Å². The van der Waals surface area contributed by atoms with E-state index in [4.69, 9.17) is 4.74 Å². The highest BCUT2D eigenvalue weighted by Gasteiger charge is 2.08. The first-order chi connectivity index (χ1) is 8.65. The zero-order valence-corrected chi connectivity index (χ0v) is 11.9. The second-order valence-electron chi connectivity index (χ2n) is 5.00. The molecule has 102 valence electrons. The van der Waals surface area contributed by atoms with Gasteiger partial charge in [0.15, 0.2) is 0 Å². The van der Waals surface area contributed by atoms with E-state index in [1.165, 1.54) is 30.4 Å². The maximum absolute atomic E-state index is 10.0. The van der Waals surface area contributed by atoms with E-state index in [0.717, 1.165) is 18.6 Å². The van der Waals surface area contributed by atoms with E-state index in [1.807, 2.05) is 12.1 Å². The molecule has 0 heterocycles. The van der Waals surface area contributed by atoms with Crippen LogP contribution in [0.4, 0.5) is 0 Å². The van der Waals surface area contributed by atoms with Crippen molar-refractivity contribution in [1.82, 2.24) is 0 Å². The van der Waals surface area contributed by atoms with Gasteiger partial charge >= 0.3 is 0 Å². The molecule has 1 N–H and O–H groups in total. The van der Waals surface area contributed by atoms with Gasteiger partial charge in [0.05, 0.1) is 6.61 Å². The molecule has 0 aliphatic heterocycles. The quantitative estimate of drug-likeness (QED) is 0.708. The molecule has 0 radical (unpaired) electrons. The first-order valence-corrected chi connectivity index (χ1v) is 6.98. The average Bonchev–Trinajstić information content (AvgIpc) is 2.36. The summed E-state index contributed by atoms with van der Waals surface area (Å²) < 4.78 is 5.52. The molecule has 0 aromatic heterocycles. The fraction of sp³-hybridized carbons (Fsp3) is 0.625. The lowest BCUT2D eigenvalue weighted by Gasteiger charge is -2.13. The minimum absolute atomic E-state index is 0.397. The van der Waals surface area contributed by atoms with Crippen LogP contribution in [0.5, 0.6) is 0 Å². The second-order valence-corrected chi connectivity index (χ2v) is 5.00. The van der Waals surface area contributed by atoms with Crippen LogP contribution in [0, 0.1) is 13.8 Å². The van der Waals surface area contributed by atoms with Gasteiger partial charge < -0.3 is 9.84 Å². The Morgan fingerprint density at radius 2 is 1.89 bits per heavy atom. The smallest absolute Gasteiger partial charge is 0.102 e. The lowest BCUT2D eigenvalue weighted by atomic mass is 10.0. The Bertz CT molecular complexity index is 347. The SMILES string of the molecule is CCCCCCOCC(O)c1ccc(C)c(C)c1. The number of unbranched alkanes of at least 4 members (excludes halogenated alkanes) is 3. The molecule has 1 aromatic carbocycles. The lowest BCUT2D eigenvalue weighted by Crippen LogP contribution is -2.08. The first kappa shape index (κ1) is 15.2. The number of aliphatic hydroxyl groups excluding tert-OH is 1. The van der Waals surface area contributed by atoms with Gasteiger partial charge in [0.1, 0.15) is 6.10 Å². The fourth-order valence-electron chi connectivity index (χ4n) is 1.89. The number of hydrogen-bond acceptors (Lipinski definition) is 2. The van der Waals surface area contributed by atoms with Gasteiger partial charge in [0.2, 0.25) is 0 Å². The third-order valence-electron chi connectivity index (χ3n) is 3.33. The molecule has 1 unspecified atom stereocenters. The van der Waals surface area contributed by atoms with Crippen molar-refractivity contribution in [2.75, 3.05) is 13.2 Å². The van der Waals surface area contributed by atoms with Crippen molar-refractivity contribution in [2.45, 2.75) is 52.6 Å².